The number of likely N-dealkylation sites (tertiary alicyclic amines) is 1. The van der Waals surface area contributed by atoms with Gasteiger partial charge in [-0.3, -0.25) is 4.79 Å². The van der Waals surface area contributed by atoms with Crippen LogP contribution in [0.3, 0.4) is 0 Å². The van der Waals surface area contributed by atoms with Crippen LogP contribution < -0.4 is 0 Å². The zero-order valence-corrected chi connectivity index (χ0v) is 20.1. The van der Waals surface area contributed by atoms with Crippen molar-refractivity contribution in [1.82, 2.24) is 13.8 Å². The minimum Gasteiger partial charge on any atom is -0.347 e. The number of ether oxygens (including phenoxy) is 2. The maximum Gasteiger partial charge on any atom is 0.245 e. The number of piperidine rings is 2. The Hall–Kier alpha value is -1.94. The number of aromatic nitrogens is 1. The summed E-state index contributed by atoms with van der Waals surface area (Å²) in [6.07, 6.45) is 6.85. The van der Waals surface area contributed by atoms with E-state index in [-0.39, 0.29) is 11.9 Å². The van der Waals surface area contributed by atoms with E-state index < -0.39 is 15.8 Å². The summed E-state index contributed by atoms with van der Waals surface area (Å²) in [5.74, 6) is -0.414. The molecule has 0 aliphatic carbocycles. The molecule has 5 rings (SSSR count). The van der Waals surface area contributed by atoms with Gasteiger partial charge in [-0.25, -0.2) is 8.42 Å². The van der Waals surface area contributed by atoms with Gasteiger partial charge in [-0.2, -0.15) is 4.31 Å². The number of rotatable bonds is 5. The average molecular weight is 476 g/mol. The third-order valence-corrected chi connectivity index (χ3v) is 9.20. The summed E-state index contributed by atoms with van der Waals surface area (Å²) in [5.41, 5.74) is 0.878. The molecule has 3 aliphatic rings. The molecule has 1 spiro atoms. The van der Waals surface area contributed by atoms with E-state index in [9.17, 15) is 13.2 Å². The van der Waals surface area contributed by atoms with E-state index in [1.165, 1.54) is 0 Å². The monoisotopic (exact) mass is 475 g/mol. The number of amides is 1. The SMILES string of the molecule is CCC(C(=O)N1CCC2(CC1)OCCO2)n1ccc2cc(S(=O)(=O)N3CCCCC3)ccc21. The fourth-order valence-corrected chi connectivity index (χ4v) is 6.94. The third-order valence-electron chi connectivity index (χ3n) is 7.30. The molecule has 3 fully saturated rings. The first-order chi connectivity index (χ1) is 15.9. The fourth-order valence-electron chi connectivity index (χ4n) is 5.38. The van der Waals surface area contributed by atoms with E-state index in [1.54, 1.807) is 16.4 Å². The largest absolute Gasteiger partial charge is 0.347 e. The van der Waals surface area contributed by atoms with E-state index >= 15 is 0 Å². The average Bonchev–Trinajstić information content (AvgIpc) is 3.48. The Morgan fingerprint density at radius 1 is 1.03 bits per heavy atom. The van der Waals surface area contributed by atoms with Gasteiger partial charge < -0.3 is 18.9 Å². The molecule has 4 heterocycles. The minimum atomic E-state index is -3.49. The van der Waals surface area contributed by atoms with E-state index in [4.69, 9.17) is 9.47 Å². The second-order valence-electron chi connectivity index (χ2n) is 9.27. The lowest BCUT2D eigenvalue weighted by Crippen LogP contribution is -2.49. The van der Waals surface area contributed by atoms with Gasteiger partial charge in [0.1, 0.15) is 6.04 Å². The van der Waals surface area contributed by atoms with Crippen LogP contribution in [0.15, 0.2) is 35.4 Å². The van der Waals surface area contributed by atoms with E-state index in [1.807, 2.05) is 34.7 Å². The molecule has 1 atom stereocenters. The second kappa shape index (κ2) is 9.02. The van der Waals surface area contributed by atoms with Gasteiger partial charge in [0.05, 0.1) is 18.1 Å². The second-order valence-corrected chi connectivity index (χ2v) is 11.2. The molecule has 1 aromatic heterocycles. The summed E-state index contributed by atoms with van der Waals surface area (Å²) in [7, 11) is -3.49. The fraction of sp³-hybridized carbons (Fsp3) is 0.625. The van der Waals surface area contributed by atoms with Gasteiger partial charge in [0.25, 0.3) is 0 Å². The van der Waals surface area contributed by atoms with E-state index in [0.717, 1.165) is 30.2 Å². The van der Waals surface area contributed by atoms with Gasteiger partial charge in [-0.15, -0.1) is 0 Å². The summed E-state index contributed by atoms with van der Waals surface area (Å²) in [4.78, 5) is 15.7. The summed E-state index contributed by atoms with van der Waals surface area (Å²) in [6.45, 7) is 5.66. The topological polar surface area (TPSA) is 81.1 Å². The lowest BCUT2D eigenvalue weighted by molar-refractivity contribution is -0.188. The first-order valence-corrected chi connectivity index (χ1v) is 13.5. The van der Waals surface area contributed by atoms with Crippen molar-refractivity contribution in [1.29, 1.82) is 0 Å². The lowest BCUT2D eigenvalue weighted by Gasteiger charge is -2.39. The van der Waals surface area contributed by atoms with Gasteiger partial charge in [-0.1, -0.05) is 13.3 Å². The van der Waals surface area contributed by atoms with Crippen LogP contribution in [-0.2, 0) is 24.3 Å². The predicted molar refractivity (Wildman–Crippen MR) is 124 cm³/mol. The van der Waals surface area contributed by atoms with Gasteiger partial charge in [0.15, 0.2) is 5.79 Å². The highest BCUT2D eigenvalue weighted by molar-refractivity contribution is 7.89. The van der Waals surface area contributed by atoms with Crippen LogP contribution in [0.4, 0.5) is 0 Å². The Morgan fingerprint density at radius 3 is 2.39 bits per heavy atom. The highest BCUT2D eigenvalue weighted by atomic mass is 32.2. The van der Waals surface area contributed by atoms with Crippen molar-refractivity contribution in [3.63, 3.8) is 0 Å². The Morgan fingerprint density at radius 2 is 1.73 bits per heavy atom. The Kier molecular flexibility index (Phi) is 6.24. The molecule has 1 unspecified atom stereocenters. The number of nitrogens with zero attached hydrogens (tertiary/aromatic N) is 3. The van der Waals surface area contributed by atoms with Crippen LogP contribution in [0.1, 0.15) is 51.5 Å². The molecule has 9 heteroatoms. The molecule has 180 valence electrons. The Balaban J connectivity index is 1.36. The van der Waals surface area contributed by atoms with Gasteiger partial charge in [-0.05, 0) is 43.5 Å². The molecule has 33 heavy (non-hydrogen) atoms. The van der Waals surface area contributed by atoms with Crippen LogP contribution in [0.5, 0.6) is 0 Å². The van der Waals surface area contributed by atoms with Crippen molar-refractivity contribution < 1.29 is 22.7 Å². The predicted octanol–water partition coefficient (Wildman–Crippen LogP) is 3.13. The minimum absolute atomic E-state index is 0.0906. The number of carbonyl (C=O) groups excluding carboxylic acids is 1. The number of benzene rings is 1. The van der Waals surface area contributed by atoms with Crippen LogP contribution in [-0.4, -0.2) is 73.3 Å². The maximum atomic E-state index is 13.4. The molecular weight excluding hydrogens is 442 g/mol. The number of hydrogen-bond acceptors (Lipinski definition) is 5. The van der Waals surface area contributed by atoms with Crippen molar-refractivity contribution >= 4 is 26.8 Å². The quantitative estimate of drug-likeness (QED) is 0.664. The number of hydrogen-bond donors (Lipinski definition) is 0. The molecule has 8 nitrogen and oxygen atoms in total. The summed E-state index contributed by atoms with van der Waals surface area (Å²) in [6, 6.07) is 6.84. The standard InChI is InChI=1S/C24H33N3O5S/c1-2-21(23(28)25-14-9-24(10-15-25)31-16-17-32-24)27-13-8-19-18-20(6-7-22(19)27)33(29,30)26-11-4-3-5-12-26/h6-8,13,18,21H,2-5,9-12,14-17H2,1H3. The number of sulfonamides is 1. The van der Waals surface area contributed by atoms with Gasteiger partial charge in [0.2, 0.25) is 15.9 Å². The maximum absolute atomic E-state index is 13.4. The van der Waals surface area contributed by atoms with Crippen molar-refractivity contribution in [2.24, 2.45) is 0 Å². The van der Waals surface area contributed by atoms with Gasteiger partial charge >= 0.3 is 0 Å². The zero-order chi connectivity index (χ0) is 23.1. The molecule has 2 aromatic rings. The van der Waals surface area contributed by atoms with Gasteiger partial charge in [0, 0.05) is 56.1 Å². The van der Waals surface area contributed by atoms with Crippen molar-refractivity contribution in [2.45, 2.75) is 62.2 Å². The third kappa shape index (κ3) is 4.20. The molecule has 0 radical (unpaired) electrons. The number of carbonyl (C=O) groups is 1. The first-order valence-electron chi connectivity index (χ1n) is 12.1. The molecule has 0 saturated carbocycles. The zero-order valence-electron chi connectivity index (χ0n) is 19.2. The highest BCUT2D eigenvalue weighted by Gasteiger charge is 2.41. The van der Waals surface area contributed by atoms with Crippen LogP contribution in [0.2, 0.25) is 0 Å². The van der Waals surface area contributed by atoms with E-state index in [0.29, 0.717) is 63.6 Å². The Bertz CT molecular complexity index is 1110. The molecule has 3 saturated heterocycles. The molecule has 0 N–H and O–H groups in total. The van der Waals surface area contributed by atoms with Crippen LogP contribution >= 0.6 is 0 Å². The smallest absolute Gasteiger partial charge is 0.245 e. The molecular formula is C24H33N3O5S. The molecule has 3 aliphatic heterocycles. The normalized spacial score (nSPS) is 22.8. The lowest BCUT2D eigenvalue weighted by atomic mass is 10.0. The van der Waals surface area contributed by atoms with E-state index in [2.05, 4.69) is 0 Å². The molecule has 1 aromatic carbocycles. The van der Waals surface area contributed by atoms with Crippen molar-refractivity contribution in [3.8, 4) is 0 Å². The highest BCUT2D eigenvalue weighted by Crippen LogP contribution is 2.33. The Labute approximate surface area is 195 Å². The number of fused-ring (bicyclic) bond motifs is 1. The van der Waals surface area contributed by atoms with Crippen molar-refractivity contribution in [2.75, 3.05) is 39.4 Å². The van der Waals surface area contributed by atoms with Crippen molar-refractivity contribution in [3.05, 3.63) is 30.5 Å². The summed E-state index contributed by atoms with van der Waals surface area (Å²) >= 11 is 0. The van der Waals surface area contributed by atoms with Crippen LogP contribution in [0, 0.1) is 0 Å². The van der Waals surface area contributed by atoms with Crippen LogP contribution in [0.25, 0.3) is 10.9 Å². The summed E-state index contributed by atoms with van der Waals surface area (Å²) in [5, 5.41) is 0.838. The first kappa shape index (κ1) is 22.8. The summed E-state index contributed by atoms with van der Waals surface area (Å²) < 4.78 is 41.3. The molecule has 1 amide bonds. The molecule has 0 bridgehead atoms.